The Balaban J connectivity index is 2.27. The molecule has 0 unspecified atom stereocenters. The van der Waals surface area contributed by atoms with E-state index in [9.17, 15) is 4.79 Å². The van der Waals surface area contributed by atoms with E-state index in [1.54, 1.807) is 0 Å². The van der Waals surface area contributed by atoms with Crippen LogP contribution in [-0.2, 0) is 0 Å². The lowest BCUT2D eigenvalue weighted by Crippen LogP contribution is -2.15. The SMILES string of the molecule is CCOc1nc(C)c(NC(=O)c2sc(C)nc2C)c(C)n1. The van der Waals surface area contributed by atoms with Gasteiger partial charge in [-0.05, 0) is 34.6 Å². The number of carbonyl (C=O) groups is 1. The maximum Gasteiger partial charge on any atom is 0.316 e. The van der Waals surface area contributed by atoms with Crippen molar-refractivity contribution in [2.75, 3.05) is 11.9 Å². The van der Waals surface area contributed by atoms with Crippen molar-refractivity contribution in [2.45, 2.75) is 34.6 Å². The Kier molecular flexibility index (Phi) is 4.52. The van der Waals surface area contributed by atoms with Crippen molar-refractivity contribution in [3.63, 3.8) is 0 Å². The molecular formula is C14H18N4O2S. The van der Waals surface area contributed by atoms with Crippen molar-refractivity contribution in [2.24, 2.45) is 0 Å². The summed E-state index contributed by atoms with van der Waals surface area (Å²) in [6.45, 7) is 9.72. The van der Waals surface area contributed by atoms with Crippen molar-refractivity contribution in [3.05, 3.63) is 27.0 Å². The van der Waals surface area contributed by atoms with Gasteiger partial charge in [-0.1, -0.05) is 0 Å². The Morgan fingerprint density at radius 1 is 1.10 bits per heavy atom. The van der Waals surface area contributed by atoms with Crippen LogP contribution in [0, 0.1) is 27.7 Å². The van der Waals surface area contributed by atoms with Crippen LogP contribution in [0.4, 0.5) is 5.69 Å². The van der Waals surface area contributed by atoms with Crippen LogP contribution in [0.1, 0.15) is 38.7 Å². The Hall–Kier alpha value is -2.02. The van der Waals surface area contributed by atoms with E-state index in [2.05, 4.69) is 20.3 Å². The smallest absolute Gasteiger partial charge is 0.316 e. The molecule has 0 aromatic carbocycles. The molecule has 0 atom stereocenters. The number of rotatable bonds is 4. The lowest BCUT2D eigenvalue weighted by molar-refractivity contribution is 0.102. The number of anilines is 1. The van der Waals surface area contributed by atoms with Gasteiger partial charge in [0.1, 0.15) is 4.88 Å². The molecule has 0 aliphatic heterocycles. The van der Waals surface area contributed by atoms with Gasteiger partial charge in [0.05, 0.1) is 34.4 Å². The van der Waals surface area contributed by atoms with Gasteiger partial charge in [0.2, 0.25) is 0 Å². The Morgan fingerprint density at radius 2 is 1.71 bits per heavy atom. The first-order valence-corrected chi connectivity index (χ1v) is 7.47. The Bertz CT molecular complexity index is 659. The topological polar surface area (TPSA) is 77.0 Å². The van der Waals surface area contributed by atoms with Crippen LogP contribution < -0.4 is 10.1 Å². The molecule has 0 bridgehead atoms. The number of hydrogen-bond donors (Lipinski definition) is 1. The van der Waals surface area contributed by atoms with Gasteiger partial charge in [-0.15, -0.1) is 11.3 Å². The molecule has 0 saturated heterocycles. The molecule has 2 aromatic rings. The van der Waals surface area contributed by atoms with Crippen LogP contribution >= 0.6 is 11.3 Å². The minimum atomic E-state index is -0.183. The molecule has 0 saturated carbocycles. The normalized spacial score (nSPS) is 10.5. The summed E-state index contributed by atoms with van der Waals surface area (Å²) in [6.07, 6.45) is 0. The third-order valence-electron chi connectivity index (χ3n) is 2.87. The van der Waals surface area contributed by atoms with Gasteiger partial charge in [0.15, 0.2) is 0 Å². The Labute approximate surface area is 127 Å². The average Bonchev–Trinajstić information content (AvgIpc) is 2.73. The van der Waals surface area contributed by atoms with Crippen LogP contribution in [0.15, 0.2) is 0 Å². The number of aromatic nitrogens is 3. The van der Waals surface area contributed by atoms with Crippen LogP contribution in [0.2, 0.25) is 0 Å². The van der Waals surface area contributed by atoms with Gasteiger partial charge < -0.3 is 10.1 Å². The predicted octanol–water partition coefficient (Wildman–Crippen LogP) is 2.82. The fourth-order valence-corrected chi connectivity index (χ4v) is 2.79. The first kappa shape index (κ1) is 15.4. The number of aryl methyl sites for hydroxylation is 4. The van der Waals surface area contributed by atoms with Gasteiger partial charge in [0.25, 0.3) is 5.91 Å². The van der Waals surface area contributed by atoms with Gasteiger partial charge in [-0.25, -0.2) is 4.98 Å². The zero-order valence-corrected chi connectivity index (χ0v) is 13.6. The van der Waals surface area contributed by atoms with Crippen molar-refractivity contribution < 1.29 is 9.53 Å². The summed E-state index contributed by atoms with van der Waals surface area (Å²) in [5, 5.41) is 3.74. The number of nitrogens with one attached hydrogen (secondary N) is 1. The quantitative estimate of drug-likeness (QED) is 0.940. The number of thiazole rings is 1. The van der Waals surface area contributed by atoms with E-state index in [-0.39, 0.29) is 5.91 Å². The largest absolute Gasteiger partial charge is 0.464 e. The van der Waals surface area contributed by atoms with Crippen LogP contribution in [-0.4, -0.2) is 27.5 Å². The number of ether oxygens (including phenoxy) is 1. The first-order valence-electron chi connectivity index (χ1n) is 6.65. The second kappa shape index (κ2) is 6.17. The van der Waals surface area contributed by atoms with E-state index >= 15 is 0 Å². The summed E-state index contributed by atoms with van der Waals surface area (Å²) in [5.41, 5.74) is 2.71. The zero-order chi connectivity index (χ0) is 15.6. The van der Waals surface area contributed by atoms with Gasteiger partial charge in [-0.3, -0.25) is 4.79 Å². The maximum absolute atomic E-state index is 12.3. The third kappa shape index (κ3) is 3.36. The fraction of sp³-hybridized carbons (Fsp3) is 0.429. The molecule has 2 heterocycles. The molecule has 21 heavy (non-hydrogen) atoms. The molecule has 2 rings (SSSR count). The van der Waals surface area contributed by atoms with Gasteiger partial charge >= 0.3 is 6.01 Å². The highest BCUT2D eigenvalue weighted by Crippen LogP contribution is 2.23. The number of amides is 1. The minimum Gasteiger partial charge on any atom is -0.464 e. The molecule has 2 aromatic heterocycles. The number of nitrogens with zero attached hydrogens (tertiary/aromatic N) is 3. The highest BCUT2D eigenvalue weighted by molar-refractivity contribution is 7.13. The zero-order valence-electron chi connectivity index (χ0n) is 12.8. The molecular weight excluding hydrogens is 288 g/mol. The van der Waals surface area contributed by atoms with Gasteiger partial charge in [0, 0.05) is 0 Å². The molecule has 112 valence electrons. The lowest BCUT2D eigenvalue weighted by Gasteiger charge is -2.11. The van der Waals surface area contributed by atoms with E-state index in [4.69, 9.17) is 4.74 Å². The minimum absolute atomic E-state index is 0.183. The van der Waals surface area contributed by atoms with E-state index in [1.165, 1.54) is 11.3 Å². The molecule has 0 fully saturated rings. The van der Waals surface area contributed by atoms with Crippen LogP contribution in [0.25, 0.3) is 0 Å². The van der Waals surface area contributed by atoms with E-state index < -0.39 is 0 Å². The van der Waals surface area contributed by atoms with E-state index in [1.807, 2.05) is 34.6 Å². The summed E-state index contributed by atoms with van der Waals surface area (Å²) >= 11 is 1.38. The Morgan fingerprint density at radius 3 is 2.19 bits per heavy atom. The second-order valence-electron chi connectivity index (χ2n) is 4.59. The molecule has 6 nitrogen and oxygen atoms in total. The molecule has 0 aliphatic rings. The summed E-state index contributed by atoms with van der Waals surface area (Å²) in [5.74, 6) is -0.183. The molecule has 7 heteroatoms. The monoisotopic (exact) mass is 306 g/mol. The highest BCUT2D eigenvalue weighted by Gasteiger charge is 2.17. The summed E-state index contributed by atoms with van der Waals surface area (Å²) < 4.78 is 5.29. The molecule has 1 amide bonds. The maximum atomic E-state index is 12.3. The second-order valence-corrected chi connectivity index (χ2v) is 5.79. The van der Waals surface area contributed by atoms with Crippen molar-refractivity contribution in [1.29, 1.82) is 0 Å². The van der Waals surface area contributed by atoms with Gasteiger partial charge in [-0.2, -0.15) is 9.97 Å². The molecule has 0 aliphatic carbocycles. The lowest BCUT2D eigenvalue weighted by atomic mass is 10.2. The van der Waals surface area contributed by atoms with Crippen molar-refractivity contribution >= 4 is 22.9 Å². The summed E-state index contributed by atoms with van der Waals surface area (Å²) in [6, 6.07) is 0.329. The first-order chi connectivity index (χ1) is 9.92. The van der Waals surface area contributed by atoms with Crippen LogP contribution in [0.5, 0.6) is 6.01 Å². The van der Waals surface area contributed by atoms with E-state index in [0.717, 1.165) is 10.7 Å². The number of hydrogen-bond acceptors (Lipinski definition) is 6. The fourth-order valence-electron chi connectivity index (χ4n) is 1.97. The molecule has 0 spiro atoms. The van der Waals surface area contributed by atoms with Crippen molar-refractivity contribution in [3.8, 4) is 6.01 Å². The standard InChI is InChI=1S/C14H18N4O2S/c1-6-20-14-16-7(2)11(8(3)17-14)18-13(19)12-9(4)15-10(5)21-12/h6H2,1-5H3,(H,18,19). The predicted molar refractivity (Wildman–Crippen MR) is 82.2 cm³/mol. The van der Waals surface area contributed by atoms with Crippen LogP contribution in [0.3, 0.4) is 0 Å². The average molecular weight is 306 g/mol. The highest BCUT2D eigenvalue weighted by atomic mass is 32.1. The summed E-state index contributed by atoms with van der Waals surface area (Å²) in [4.78, 5) is 25.7. The molecule has 1 N–H and O–H groups in total. The van der Waals surface area contributed by atoms with Crippen molar-refractivity contribution in [1.82, 2.24) is 15.0 Å². The van der Waals surface area contributed by atoms with E-state index in [0.29, 0.717) is 34.6 Å². The molecule has 0 radical (unpaired) electrons. The summed E-state index contributed by atoms with van der Waals surface area (Å²) in [7, 11) is 0. The third-order valence-corrected chi connectivity index (χ3v) is 3.94. The number of carbonyl (C=O) groups excluding carboxylic acids is 1.